The van der Waals surface area contributed by atoms with Gasteiger partial charge in [0.1, 0.15) is 23.3 Å². The fourth-order valence-corrected chi connectivity index (χ4v) is 11.7. The highest BCUT2D eigenvalue weighted by atomic mass is 35.5. The molecule has 350 valence electrons. The van der Waals surface area contributed by atoms with Crippen molar-refractivity contribution in [2.75, 3.05) is 69.4 Å². The minimum atomic E-state index is -4.87. The number of ether oxygens (including phenoxy) is 3. The zero-order valence-electron chi connectivity index (χ0n) is 37.2. The number of hydrogen-bond acceptors (Lipinski definition) is 13. The molecule has 0 saturated carbocycles. The van der Waals surface area contributed by atoms with Gasteiger partial charge in [0.2, 0.25) is 9.84 Å². The van der Waals surface area contributed by atoms with Crippen molar-refractivity contribution < 1.29 is 32.3 Å². The summed E-state index contributed by atoms with van der Waals surface area (Å²) in [6, 6.07) is 16.1. The van der Waals surface area contributed by atoms with Gasteiger partial charge in [-0.05, 0) is 72.2 Å². The Hall–Kier alpha value is -6.25. The van der Waals surface area contributed by atoms with Gasteiger partial charge in [0.15, 0.2) is 17.0 Å². The number of nitrogens with two attached hydrogens (primary N) is 1. The molecule has 2 fully saturated rings. The summed E-state index contributed by atoms with van der Waals surface area (Å²) in [5, 5.41) is 17.3. The molecule has 1 aliphatic carbocycles. The molecule has 4 N–H and O–H groups in total. The van der Waals surface area contributed by atoms with Crippen molar-refractivity contribution in [3.8, 4) is 11.4 Å². The number of carbonyl (C=O) groups excluding carboxylic acids is 1. The summed E-state index contributed by atoms with van der Waals surface area (Å²) in [5.41, 5.74) is 9.42. The molecule has 0 spiro atoms. The summed E-state index contributed by atoms with van der Waals surface area (Å²) >= 11 is 6.28. The summed E-state index contributed by atoms with van der Waals surface area (Å²) in [4.78, 5) is 50.8. The third-order valence-corrected chi connectivity index (χ3v) is 15.6. The van der Waals surface area contributed by atoms with Gasteiger partial charge in [-0.2, -0.15) is 0 Å². The lowest BCUT2D eigenvalue weighted by Crippen LogP contribution is -2.47. The summed E-state index contributed by atoms with van der Waals surface area (Å²) in [5.74, 6) is -1.02. The molecular formula is C47H50ClN9O9S. The van der Waals surface area contributed by atoms with E-state index in [1.54, 1.807) is 24.4 Å². The van der Waals surface area contributed by atoms with Gasteiger partial charge in [-0.25, -0.2) is 22.8 Å². The number of halogens is 1. The molecule has 0 unspecified atom stereocenters. The third-order valence-electron chi connectivity index (χ3n) is 13.5. The van der Waals surface area contributed by atoms with Gasteiger partial charge in [-0.1, -0.05) is 43.2 Å². The van der Waals surface area contributed by atoms with Crippen molar-refractivity contribution in [1.29, 1.82) is 0 Å². The second kappa shape index (κ2) is 17.1. The van der Waals surface area contributed by atoms with E-state index in [0.717, 1.165) is 37.4 Å². The number of pyridine rings is 1. The van der Waals surface area contributed by atoms with Gasteiger partial charge >= 0.3 is 0 Å². The molecule has 67 heavy (non-hydrogen) atoms. The number of aromatic amines is 1. The van der Waals surface area contributed by atoms with E-state index < -0.39 is 49.0 Å². The first-order chi connectivity index (χ1) is 32.1. The van der Waals surface area contributed by atoms with Crippen LogP contribution in [-0.2, 0) is 26.4 Å². The van der Waals surface area contributed by atoms with Gasteiger partial charge in [0, 0.05) is 68.5 Å². The standard InChI is InChI=1S/C47H50ClN9O9S/c1-47(2)12-10-29(33(23-47)27-4-6-30(48)7-5-27)24-54-14-16-55(17-15-54)35-9-8-32(44(49)58)42(56-36-20-28-11-13-50-45(28)52-41(36)46(59)53(56)3)43(35)67(62,63)31-21-37(57(60)61)40-38(22-31)66-25-34(51-40)39-26-64-18-19-65-39/h4-9,11,13,20-22,34,39,51H,10,12,14-19,23-26H2,1-3H3,(H2,49,58)(H,50,52)/t34-,39+/m1/s1. The Morgan fingerprint density at radius 1 is 1.04 bits per heavy atom. The largest absolute Gasteiger partial charge is 0.489 e. The lowest BCUT2D eigenvalue weighted by Gasteiger charge is -2.40. The maximum Gasteiger partial charge on any atom is 0.297 e. The van der Waals surface area contributed by atoms with Crippen LogP contribution in [0.15, 0.2) is 87.0 Å². The topological polar surface area (TPSA) is 222 Å². The Balaban J connectivity index is 1.10. The highest BCUT2D eigenvalue weighted by Crippen LogP contribution is 2.46. The van der Waals surface area contributed by atoms with Crippen molar-refractivity contribution in [2.24, 2.45) is 18.2 Å². The van der Waals surface area contributed by atoms with Gasteiger partial charge in [0.25, 0.3) is 17.2 Å². The van der Waals surface area contributed by atoms with Crippen molar-refractivity contribution in [3.63, 3.8) is 0 Å². The van der Waals surface area contributed by atoms with Gasteiger partial charge in [-0.15, -0.1) is 0 Å². The first-order valence-corrected chi connectivity index (χ1v) is 24.1. The molecule has 4 aliphatic rings. The van der Waals surface area contributed by atoms with Crippen LogP contribution < -0.4 is 26.2 Å². The second-order valence-corrected chi connectivity index (χ2v) is 20.7. The molecule has 3 aromatic carbocycles. The smallest absolute Gasteiger partial charge is 0.297 e. The van der Waals surface area contributed by atoms with Gasteiger partial charge in [-0.3, -0.25) is 24.6 Å². The number of aromatic nitrogens is 4. The Kier molecular flexibility index (Phi) is 11.4. The number of fused-ring (bicyclic) bond motifs is 3. The van der Waals surface area contributed by atoms with Crippen LogP contribution in [0.25, 0.3) is 33.3 Å². The molecule has 3 aromatic heterocycles. The summed E-state index contributed by atoms with van der Waals surface area (Å²) in [7, 11) is -3.42. The molecule has 18 nitrogen and oxygen atoms in total. The minimum absolute atomic E-state index is 0.00640. The average Bonchev–Trinajstić information content (AvgIpc) is 3.88. The molecule has 10 rings (SSSR count). The Labute approximate surface area is 390 Å². The summed E-state index contributed by atoms with van der Waals surface area (Å²) < 4.78 is 51.6. The molecule has 2 saturated heterocycles. The fraction of sp³-hybridized carbons (Fsp3) is 0.383. The SMILES string of the molecule is Cn1c(=O)c2nc3[nH]ccc3cc2n1-c1c(C(N)=O)ccc(N2CCN(CC3=C(c4ccc(Cl)cc4)CC(C)(C)CC3)CC2)c1S(=O)(=O)c1cc2c(c([N+](=O)[O-])c1)N[C@@H]([C@@H]1COCCO1)CO2. The van der Waals surface area contributed by atoms with Crippen molar-refractivity contribution >= 4 is 72.0 Å². The predicted octanol–water partition coefficient (Wildman–Crippen LogP) is 6.07. The number of nitro groups is 1. The Morgan fingerprint density at radius 2 is 1.82 bits per heavy atom. The number of amides is 1. The number of H-pyrrole nitrogens is 1. The number of carbonyl (C=O) groups is 1. The van der Waals surface area contributed by atoms with Crippen molar-refractivity contribution in [2.45, 2.75) is 55.0 Å². The highest BCUT2D eigenvalue weighted by Gasteiger charge is 2.39. The van der Waals surface area contributed by atoms with E-state index in [1.165, 1.54) is 39.7 Å². The molecule has 6 heterocycles. The number of allylic oxidation sites excluding steroid dienone is 1. The van der Waals surface area contributed by atoms with Crippen LogP contribution in [0.1, 0.15) is 49.0 Å². The summed E-state index contributed by atoms with van der Waals surface area (Å²) in [6.07, 6.45) is 4.11. The molecule has 3 aliphatic heterocycles. The average molecular weight is 952 g/mol. The fourth-order valence-electron chi connectivity index (χ4n) is 9.93. The number of sulfone groups is 1. The number of primary amides is 1. The Bertz CT molecular complexity index is 3180. The lowest BCUT2D eigenvalue weighted by molar-refractivity contribution is -0.384. The molecule has 2 atom stereocenters. The molecule has 1 amide bonds. The van der Waals surface area contributed by atoms with Crippen LogP contribution in [0, 0.1) is 15.5 Å². The van der Waals surface area contributed by atoms with Crippen LogP contribution in [0.3, 0.4) is 0 Å². The van der Waals surface area contributed by atoms with E-state index in [2.05, 4.69) is 46.2 Å². The lowest BCUT2D eigenvalue weighted by atomic mass is 9.72. The Morgan fingerprint density at radius 3 is 2.54 bits per heavy atom. The number of nitro benzene ring substituents is 1. The van der Waals surface area contributed by atoms with Crippen LogP contribution in [0.2, 0.25) is 5.02 Å². The number of anilines is 2. The zero-order chi connectivity index (χ0) is 46.9. The maximum absolute atomic E-state index is 15.8. The monoisotopic (exact) mass is 951 g/mol. The number of piperazine rings is 1. The zero-order valence-corrected chi connectivity index (χ0v) is 38.8. The summed E-state index contributed by atoms with van der Waals surface area (Å²) in [6.45, 7) is 8.22. The number of hydrogen-bond donors (Lipinski definition) is 3. The van der Waals surface area contributed by atoms with E-state index >= 15 is 8.42 Å². The first-order valence-electron chi connectivity index (χ1n) is 22.2. The number of nitrogens with one attached hydrogen (secondary N) is 2. The molecule has 0 bridgehead atoms. The first kappa shape index (κ1) is 44.6. The van der Waals surface area contributed by atoms with E-state index in [1.807, 2.05) is 17.0 Å². The van der Waals surface area contributed by atoms with Gasteiger partial charge in [0.05, 0.1) is 58.1 Å². The van der Waals surface area contributed by atoms with Crippen LogP contribution in [0.4, 0.5) is 17.1 Å². The third kappa shape index (κ3) is 8.11. The minimum Gasteiger partial charge on any atom is -0.489 e. The molecule has 20 heteroatoms. The van der Waals surface area contributed by atoms with Crippen LogP contribution in [-0.4, -0.2) is 115 Å². The molecule has 0 radical (unpaired) electrons. The highest BCUT2D eigenvalue weighted by molar-refractivity contribution is 7.91. The van der Waals surface area contributed by atoms with E-state index in [4.69, 9.17) is 31.5 Å². The number of nitrogens with zero attached hydrogens (tertiary/aromatic N) is 6. The quantitative estimate of drug-likeness (QED) is 0.105. The number of benzene rings is 3. The molecule has 6 aromatic rings. The van der Waals surface area contributed by atoms with E-state index in [9.17, 15) is 19.7 Å². The van der Waals surface area contributed by atoms with Crippen LogP contribution >= 0.6 is 11.6 Å². The normalized spacial score (nSPS) is 20.1. The van der Waals surface area contributed by atoms with Crippen molar-refractivity contribution in [3.05, 3.63) is 109 Å². The second-order valence-electron chi connectivity index (χ2n) is 18.4. The predicted molar refractivity (Wildman–Crippen MR) is 253 cm³/mol. The van der Waals surface area contributed by atoms with E-state index in [0.29, 0.717) is 55.4 Å². The van der Waals surface area contributed by atoms with Crippen molar-refractivity contribution in [1.82, 2.24) is 24.2 Å². The number of rotatable bonds is 10. The molecular weight excluding hydrogens is 902 g/mol. The van der Waals surface area contributed by atoms with Crippen LogP contribution in [0.5, 0.6) is 5.75 Å². The van der Waals surface area contributed by atoms with E-state index in [-0.39, 0.29) is 62.9 Å². The maximum atomic E-state index is 15.8. The van der Waals surface area contributed by atoms with Gasteiger partial charge < -0.3 is 35.1 Å².